The lowest BCUT2D eigenvalue weighted by atomic mass is 10.1. The molecule has 1 amide bonds. The van der Waals surface area contributed by atoms with Gasteiger partial charge in [0.1, 0.15) is 5.82 Å². The summed E-state index contributed by atoms with van der Waals surface area (Å²) in [5, 5.41) is 0. The van der Waals surface area contributed by atoms with Crippen molar-refractivity contribution < 1.29 is 17.6 Å². The fraction of sp³-hybridized carbons (Fsp3) is 0.458. The summed E-state index contributed by atoms with van der Waals surface area (Å²) in [6, 6.07) is 13.5. The van der Waals surface area contributed by atoms with Gasteiger partial charge in [0, 0.05) is 32.1 Å². The number of hydrogen-bond donors (Lipinski definition) is 0. The molecule has 0 N–H and O–H groups in total. The Kier molecular flexibility index (Phi) is 6.72. The van der Waals surface area contributed by atoms with Crippen LogP contribution in [-0.2, 0) is 27.8 Å². The van der Waals surface area contributed by atoms with E-state index in [4.69, 9.17) is 0 Å². The molecule has 2 fully saturated rings. The van der Waals surface area contributed by atoms with E-state index in [1.54, 1.807) is 28.6 Å². The van der Waals surface area contributed by atoms with Gasteiger partial charge >= 0.3 is 0 Å². The van der Waals surface area contributed by atoms with Crippen molar-refractivity contribution >= 4 is 15.9 Å². The quantitative estimate of drug-likeness (QED) is 0.615. The van der Waals surface area contributed by atoms with Crippen molar-refractivity contribution in [1.82, 2.24) is 9.21 Å². The van der Waals surface area contributed by atoms with Gasteiger partial charge < -0.3 is 4.90 Å². The number of carbonyl (C=O) groups is 1. The van der Waals surface area contributed by atoms with Crippen molar-refractivity contribution in [1.29, 1.82) is 0 Å². The highest BCUT2D eigenvalue weighted by molar-refractivity contribution is 7.89. The topological polar surface area (TPSA) is 57.7 Å². The molecule has 2 aromatic rings. The number of piperidine rings is 1. The van der Waals surface area contributed by atoms with Crippen molar-refractivity contribution in [2.45, 2.75) is 62.4 Å². The Morgan fingerprint density at radius 3 is 2.16 bits per heavy atom. The molecule has 5 nitrogen and oxygen atoms in total. The molecule has 1 saturated carbocycles. The number of aryl methyl sites for hydroxylation is 1. The van der Waals surface area contributed by atoms with E-state index in [1.807, 2.05) is 17.0 Å². The molecule has 0 atom stereocenters. The third-order valence-electron chi connectivity index (χ3n) is 6.08. The van der Waals surface area contributed by atoms with Gasteiger partial charge in [0.05, 0.1) is 4.90 Å². The van der Waals surface area contributed by atoms with Crippen LogP contribution in [0.1, 0.15) is 49.7 Å². The summed E-state index contributed by atoms with van der Waals surface area (Å²) in [4.78, 5) is 15.1. The van der Waals surface area contributed by atoms with E-state index in [1.165, 1.54) is 12.1 Å². The molecule has 0 aromatic heterocycles. The van der Waals surface area contributed by atoms with Crippen molar-refractivity contribution in [3.8, 4) is 0 Å². The Bertz CT molecular complexity index is 996. The minimum Gasteiger partial charge on any atom is -0.335 e. The van der Waals surface area contributed by atoms with Crippen molar-refractivity contribution in [2.75, 3.05) is 13.1 Å². The van der Waals surface area contributed by atoms with Crippen LogP contribution < -0.4 is 0 Å². The molecule has 2 aliphatic rings. The Morgan fingerprint density at radius 1 is 0.935 bits per heavy atom. The van der Waals surface area contributed by atoms with Gasteiger partial charge in [0.15, 0.2) is 0 Å². The van der Waals surface area contributed by atoms with E-state index in [-0.39, 0.29) is 17.8 Å². The van der Waals surface area contributed by atoms with Crippen molar-refractivity contribution in [3.63, 3.8) is 0 Å². The monoisotopic (exact) mass is 444 g/mol. The minimum atomic E-state index is -3.43. The lowest BCUT2D eigenvalue weighted by Crippen LogP contribution is -2.35. The number of halogens is 1. The fourth-order valence-electron chi connectivity index (χ4n) is 4.07. The molecular weight excluding hydrogens is 415 g/mol. The minimum absolute atomic E-state index is 0.0804. The predicted molar refractivity (Wildman–Crippen MR) is 117 cm³/mol. The van der Waals surface area contributed by atoms with Crippen molar-refractivity contribution in [2.24, 2.45) is 0 Å². The molecule has 7 heteroatoms. The highest BCUT2D eigenvalue weighted by Crippen LogP contribution is 2.29. The van der Waals surface area contributed by atoms with Gasteiger partial charge in [0.25, 0.3) is 0 Å². The molecule has 4 rings (SSSR count). The van der Waals surface area contributed by atoms with Gasteiger partial charge in [-0.25, -0.2) is 12.8 Å². The van der Waals surface area contributed by atoms with Crippen LogP contribution in [-0.4, -0.2) is 42.7 Å². The van der Waals surface area contributed by atoms with Crippen LogP contribution in [0, 0.1) is 5.82 Å². The van der Waals surface area contributed by atoms with Gasteiger partial charge in [-0.15, -0.1) is 0 Å². The Labute approximate surface area is 183 Å². The van der Waals surface area contributed by atoms with Gasteiger partial charge in [0.2, 0.25) is 15.9 Å². The normalized spacial score (nSPS) is 17.5. The van der Waals surface area contributed by atoms with Crippen LogP contribution in [0.25, 0.3) is 0 Å². The molecule has 1 aliphatic heterocycles. The zero-order valence-electron chi connectivity index (χ0n) is 17.7. The molecule has 2 aromatic carbocycles. The number of nitrogens with zero attached hydrogens (tertiary/aromatic N) is 2. The molecular formula is C24H29FN2O3S. The Balaban J connectivity index is 1.35. The van der Waals surface area contributed by atoms with Crippen LogP contribution in [0.5, 0.6) is 0 Å². The second-order valence-electron chi connectivity index (χ2n) is 8.49. The van der Waals surface area contributed by atoms with Crippen LogP contribution in [0.3, 0.4) is 0 Å². The maximum absolute atomic E-state index is 13.1. The van der Waals surface area contributed by atoms with E-state index < -0.39 is 10.0 Å². The van der Waals surface area contributed by atoms with Crippen LogP contribution in [0.2, 0.25) is 0 Å². The summed E-state index contributed by atoms with van der Waals surface area (Å²) >= 11 is 0. The van der Waals surface area contributed by atoms with Gasteiger partial charge in [-0.3, -0.25) is 4.79 Å². The second kappa shape index (κ2) is 9.49. The maximum Gasteiger partial charge on any atom is 0.243 e. The van der Waals surface area contributed by atoms with Gasteiger partial charge in [-0.1, -0.05) is 30.7 Å². The van der Waals surface area contributed by atoms with Crippen LogP contribution in [0.4, 0.5) is 4.39 Å². The predicted octanol–water partition coefficient (Wildman–Crippen LogP) is 4.12. The third-order valence-corrected chi connectivity index (χ3v) is 7.99. The maximum atomic E-state index is 13.1. The van der Waals surface area contributed by atoms with Gasteiger partial charge in [-0.2, -0.15) is 4.31 Å². The standard InChI is InChI=1S/C24H29FN2O3S/c25-21-9-4-20(5-10-21)18-27(22-11-12-22)24(28)15-8-19-6-13-23(14-7-19)31(29,30)26-16-2-1-3-17-26/h4-7,9-10,13-14,22H,1-3,8,11-12,15-18H2. The fourth-order valence-corrected chi connectivity index (χ4v) is 5.59. The highest BCUT2D eigenvalue weighted by Gasteiger charge is 2.32. The summed E-state index contributed by atoms with van der Waals surface area (Å²) in [5.41, 5.74) is 1.87. The first-order valence-electron chi connectivity index (χ1n) is 11.1. The number of benzene rings is 2. The van der Waals surface area contributed by atoms with E-state index in [0.717, 1.165) is 43.2 Å². The van der Waals surface area contributed by atoms with Gasteiger partial charge in [-0.05, 0) is 67.5 Å². The van der Waals surface area contributed by atoms with E-state index >= 15 is 0 Å². The molecule has 1 heterocycles. The number of amides is 1. The molecule has 0 bridgehead atoms. The number of sulfonamides is 1. The first-order valence-corrected chi connectivity index (χ1v) is 12.5. The third kappa shape index (κ3) is 5.52. The Morgan fingerprint density at radius 2 is 1.55 bits per heavy atom. The summed E-state index contributed by atoms with van der Waals surface area (Å²) in [5.74, 6) is -0.198. The molecule has 166 valence electrons. The van der Waals surface area contributed by atoms with Crippen LogP contribution >= 0.6 is 0 Å². The number of carbonyl (C=O) groups excluding carboxylic acids is 1. The summed E-state index contributed by atoms with van der Waals surface area (Å²) in [6.07, 6.45) is 5.86. The molecule has 1 aliphatic carbocycles. The average molecular weight is 445 g/mol. The molecule has 0 unspecified atom stereocenters. The van der Waals surface area contributed by atoms with E-state index in [2.05, 4.69) is 0 Å². The average Bonchev–Trinajstić information content (AvgIpc) is 3.63. The Hall–Kier alpha value is -2.25. The smallest absolute Gasteiger partial charge is 0.243 e. The zero-order valence-corrected chi connectivity index (χ0v) is 18.5. The summed E-state index contributed by atoms with van der Waals surface area (Å²) in [6.45, 7) is 1.67. The summed E-state index contributed by atoms with van der Waals surface area (Å²) < 4.78 is 40.3. The number of rotatable bonds is 8. The molecule has 1 saturated heterocycles. The zero-order chi connectivity index (χ0) is 21.8. The van der Waals surface area contributed by atoms with Crippen molar-refractivity contribution in [3.05, 3.63) is 65.5 Å². The van der Waals surface area contributed by atoms with E-state index in [9.17, 15) is 17.6 Å². The summed E-state index contributed by atoms with van der Waals surface area (Å²) in [7, 11) is -3.43. The lowest BCUT2D eigenvalue weighted by Gasteiger charge is -2.26. The first-order chi connectivity index (χ1) is 14.9. The SMILES string of the molecule is O=C(CCc1ccc(S(=O)(=O)N2CCCCC2)cc1)N(Cc1ccc(F)cc1)C1CC1. The first kappa shape index (κ1) is 22.0. The molecule has 0 spiro atoms. The highest BCUT2D eigenvalue weighted by atomic mass is 32.2. The van der Waals surface area contributed by atoms with E-state index in [0.29, 0.717) is 37.4 Å². The van der Waals surface area contributed by atoms with Crippen LogP contribution in [0.15, 0.2) is 53.4 Å². The molecule has 0 radical (unpaired) electrons. The molecule has 31 heavy (non-hydrogen) atoms. The second-order valence-corrected chi connectivity index (χ2v) is 10.4. The number of hydrogen-bond acceptors (Lipinski definition) is 3. The largest absolute Gasteiger partial charge is 0.335 e. The lowest BCUT2D eigenvalue weighted by molar-refractivity contribution is -0.132.